The normalized spacial score (nSPS) is 23.3. The van der Waals surface area contributed by atoms with Gasteiger partial charge in [-0.2, -0.15) is 13.2 Å². The molecule has 1 atom stereocenters. The summed E-state index contributed by atoms with van der Waals surface area (Å²) in [4.78, 5) is 24.3. The number of hydrogen-bond donors (Lipinski definition) is 1. The maximum atomic E-state index is 13.6. The van der Waals surface area contributed by atoms with Crippen molar-refractivity contribution in [2.45, 2.75) is 62.9 Å². The molecule has 39 heavy (non-hydrogen) atoms. The molecule has 1 unspecified atom stereocenters. The molecule has 0 saturated heterocycles. The molecule has 1 saturated carbocycles. The molecule has 1 aliphatic heterocycles. The minimum absolute atomic E-state index is 0.0319. The molecular weight excluding hydrogens is 536 g/mol. The van der Waals surface area contributed by atoms with E-state index in [1.54, 1.807) is 32.2 Å². The first kappa shape index (κ1) is 27.2. The van der Waals surface area contributed by atoms with E-state index < -0.39 is 17.5 Å². The van der Waals surface area contributed by atoms with Crippen molar-refractivity contribution >= 4 is 39.8 Å². The molecule has 1 aromatic heterocycles. The third-order valence-corrected chi connectivity index (χ3v) is 7.75. The molecule has 11 heteroatoms. The van der Waals surface area contributed by atoms with E-state index in [-0.39, 0.29) is 35.7 Å². The van der Waals surface area contributed by atoms with Crippen molar-refractivity contribution in [1.82, 2.24) is 10.3 Å². The zero-order valence-corrected chi connectivity index (χ0v) is 22.1. The Morgan fingerprint density at radius 3 is 2.46 bits per heavy atom. The third kappa shape index (κ3) is 5.66. The Bertz CT molecular complexity index is 1420. The van der Waals surface area contributed by atoms with Crippen molar-refractivity contribution < 1.29 is 27.2 Å². The van der Waals surface area contributed by atoms with Gasteiger partial charge in [0.25, 0.3) is 5.91 Å². The Labute approximate surface area is 228 Å². The molecule has 2 heterocycles. The van der Waals surface area contributed by atoms with Crippen LogP contribution in [0.5, 0.6) is 0 Å². The topological polar surface area (TPSA) is 66.8 Å². The summed E-state index contributed by atoms with van der Waals surface area (Å²) in [5.41, 5.74) is -0.229. The summed E-state index contributed by atoms with van der Waals surface area (Å²) in [5, 5.41) is 8.08. The molecule has 0 radical (unpaired) electrons. The molecule has 2 aliphatic rings. The number of aromatic nitrogens is 1. The molecule has 1 amide bonds. The molecule has 2 aromatic carbocycles. The zero-order valence-electron chi connectivity index (χ0n) is 21.4. The number of fused-ring (bicyclic) bond motifs is 1. The van der Waals surface area contributed by atoms with Gasteiger partial charge in [-0.05, 0) is 74.6 Å². The SMILES string of the molecule is CN(c1cc(C(F)(F)F)nc2ccc(Cl)cc12)C1CCC(NC(=O)C2(C)CC(c3ccc(F)cc3)=NO2)CC1. The molecule has 206 valence electrons. The highest BCUT2D eigenvalue weighted by molar-refractivity contribution is 6.31. The van der Waals surface area contributed by atoms with Gasteiger partial charge < -0.3 is 15.1 Å². The zero-order chi connectivity index (χ0) is 27.9. The van der Waals surface area contributed by atoms with Gasteiger partial charge in [0.1, 0.15) is 11.5 Å². The summed E-state index contributed by atoms with van der Waals surface area (Å²) in [6, 6.07) is 11.4. The molecular formula is C28H27ClF4N4O2. The van der Waals surface area contributed by atoms with Gasteiger partial charge in [0, 0.05) is 41.6 Å². The number of hydrogen-bond acceptors (Lipinski definition) is 5. The number of carbonyl (C=O) groups is 1. The second kappa shape index (κ2) is 10.3. The Balaban J connectivity index is 1.23. The van der Waals surface area contributed by atoms with E-state index in [9.17, 15) is 22.4 Å². The van der Waals surface area contributed by atoms with Crippen molar-refractivity contribution in [3.63, 3.8) is 0 Å². The number of carbonyl (C=O) groups excluding carboxylic acids is 1. The first-order valence-corrected chi connectivity index (χ1v) is 13.0. The number of alkyl halides is 3. The number of oxime groups is 1. The van der Waals surface area contributed by atoms with Crippen molar-refractivity contribution in [2.24, 2.45) is 5.16 Å². The summed E-state index contributed by atoms with van der Waals surface area (Å²) in [6.45, 7) is 1.67. The van der Waals surface area contributed by atoms with Crippen LogP contribution in [0.4, 0.5) is 23.2 Å². The highest BCUT2D eigenvalue weighted by Crippen LogP contribution is 2.37. The maximum Gasteiger partial charge on any atom is 0.433 e. The number of nitrogens with one attached hydrogen (secondary N) is 1. The van der Waals surface area contributed by atoms with Crippen LogP contribution in [0.15, 0.2) is 53.7 Å². The van der Waals surface area contributed by atoms with Gasteiger partial charge in [-0.25, -0.2) is 9.37 Å². The lowest BCUT2D eigenvalue weighted by Crippen LogP contribution is -2.50. The third-order valence-electron chi connectivity index (χ3n) is 7.52. The number of rotatable bonds is 5. The standard InChI is InChI=1S/C28H27ClF4N4O2/c1-27(15-23(36-39-27)16-3-6-18(30)7-4-16)26(38)34-19-8-10-20(11-9-19)37(2)24-14-25(28(31,32)33)35-22-12-5-17(29)13-21(22)24/h3-7,12-14,19-20H,8-11,15H2,1-2H3,(H,34,38). The van der Waals surface area contributed by atoms with Gasteiger partial charge in [0.15, 0.2) is 0 Å². The Kier molecular flexibility index (Phi) is 7.17. The Morgan fingerprint density at radius 1 is 1.10 bits per heavy atom. The first-order valence-electron chi connectivity index (χ1n) is 12.7. The van der Waals surface area contributed by atoms with Crippen LogP contribution in [-0.4, -0.2) is 41.3 Å². The molecule has 1 aliphatic carbocycles. The molecule has 0 spiro atoms. The molecule has 1 fully saturated rings. The number of halogens is 5. The fourth-order valence-corrected chi connectivity index (χ4v) is 5.39. The predicted octanol–water partition coefficient (Wildman–Crippen LogP) is 6.49. The highest BCUT2D eigenvalue weighted by atomic mass is 35.5. The van der Waals surface area contributed by atoms with E-state index in [4.69, 9.17) is 16.4 Å². The number of amides is 1. The fourth-order valence-electron chi connectivity index (χ4n) is 5.22. The van der Waals surface area contributed by atoms with E-state index >= 15 is 0 Å². The number of benzene rings is 2. The number of pyridine rings is 1. The van der Waals surface area contributed by atoms with Gasteiger partial charge >= 0.3 is 6.18 Å². The Morgan fingerprint density at radius 2 is 1.79 bits per heavy atom. The average Bonchev–Trinajstić information content (AvgIpc) is 3.31. The smallest absolute Gasteiger partial charge is 0.379 e. The van der Waals surface area contributed by atoms with Crippen molar-refractivity contribution in [2.75, 3.05) is 11.9 Å². The van der Waals surface area contributed by atoms with Gasteiger partial charge in [-0.3, -0.25) is 4.79 Å². The van der Waals surface area contributed by atoms with Crippen LogP contribution in [0.25, 0.3) is 10.9 Å². The molecule has 6 nitrogen and oxygen atoms in total. The van der Waals surface area contributed by atoms with Crippen molar-refractivity contribution in [1.29, 1.82) is 0 Å². The molecule has 3 aromatic rings. The summed E-state index contributed by atoms with van der Waals surface area (Å²) in [7, 11) is 1.78. The second-order valence-electron chi connectivity index (χ2n) is 10.3. The van der Waals surface area contributed by atoms with Gasteiger partial charge in [-0.1, -0.05) is 28.9 Å². The lowest BCUT2D eigenvalue weighted by Gasteiger charge is -2.37. The minimum Gasteiger partial charge on any atom is -0.379 e. The summed E-state index contributed by atoms with van der Waals surface area (Å²) < 4.78 is 54.0. The van der Waals surface area contributed by atoms with Crippen molar-refractivity contribution in [3.8, 4) is 0 Å². The molecule has 0 bridgehead atoms. The van der Waals surface area contributed by atoms with Crippen LogP contribution in [0.1, 0.15) is 50.3 Å². The Hall–Kier alpha value is -3.40. The monoisotopic (exact) mass is 562 g/mol. The van der Waals surface area contributed by atoms with Crippen LogP contribution < -0.4 is 10.2 Å². The van der Waals surface area contributed by atoms with Gasteiger partial charge in [0.2, 0.25) is 5.60 Å². The highest BCUT2D eigenvalue weighted by Gasteiger charge is 2.43. The molecule has 5 rings (SSSR count). The first-order chi connectivity index (χ1) is 18.4. The lowest BCUT2D eigenvalue weighted by atomic mass is 9.88. The predicted molar refractivity (Wildman–Crippen MR) is 141 cm³/mol. The fraction of sp³-hybridized carbons (Fsp3) is 0.393. The van der Waals surface area contributed by atoms with E-state index in [2.05, 4.69) is 15.5 Å². The number of anilines is 1. The van der Waals surface area contributed by atoms with Gasteiger partial charge in [0.05, 0.1) is 11.2 Å². The van der Waals surface area contributed by atoms with Crippen LogP contribution >= 0.6 is 11.6 Å². The summed E-state index contributed by atoms with van der Waals surface area (Å²) in [6.07, 6.45) is -1.69. The average molecular weight is 563 g/mol. The molecule has 1 N–H and O–H groups in total. The summed E-state index contributed by atoms with van der Waals surface area (Å²) >= 11 is 6.15. The second-order valence-corrected chi connectivity index (χ2v) is 10.8. The van der Waals surface area contributed by atoms with Crippen LogP contribution in [0.2, 0.25) is 5.02 Å². The number of nitrogens with zero attached hydrogens (tertiary/aromatic N) is 3. The lowest BCUT2D eigenvalue weighted by molar-refractivity contribution is -0.142. The van der Waals surface area contributed by atoms with Crippen molar-refractivity contribution in [3.05, 3.63) is 70.6 Å². The van der Waals surface area contributed by atoms with E-state index in [1.807, 2.05) is 4.90 Å². The summed E-state index contributed by atoms with van der Waals surface area (Å²) in [5.74, 6) is -0.647. The maximum absolute atomic E-state index is 13.6. The van der Waals surface area contributed by atoms with Crippen LogP contribution in [0, 0.1) is 5.82 Å². The van der Waals surface area contributed by atoms with E-state index in [1.165, 1.54) is 24.3 Å². The van der Waals surface area contributed by atoms with Gasteiger partial charge in [-0.15, -0.1) is 0 Å². The quantitative estimate of drug-likeness (QED) is 0.361. The minimum atomic E-state index is -4.58. The largest absolute Gasteiger partial charge is 0.433 e. The van der Waals surface area contributed by atoms with E-state index in [0.29, 0.717) is 53.1 Å². The van der Waals surface area contributed by atoms with Crippen LogP contribution in [0.3, 0.4) is 0 Å². The van der Waals surface area contributed by atoms with E-state index in [0.717, 1.165) is 6.07 Å². The van der Waals surface area contributed by atoms with Crippen LogP contribution in [-0.2, 0) is 15.8 Å².